The second kappa shape index (κ2) is 6.65. The lowest BCUT2D eigenvalue weighted by molar-refractivity contribution is -0.0498. The average Bonchev–Trinajstić information content (AvgIpc) is 2.41. The zero-order valence-corrected chi connectivity index (χ0v) is 12.3. The molecule has 1 N–H and O–H groups in total. The molecule has 0 bridgehead atoms. The summed E-state index contributed by atoms with van der Waals surface area (Å²) in [4.78, 5) is 12.0. The van der Waals surface area contributed by atoms with Crippen LogP contribution in [-0.4, -0.2) is 12.5 Å². The van der Waals surface area contributed by atoms with Crippen molar-refractivity contribution in [3.05, 3.63) is 57.7 Å². The van der Waals surface area contributed by atoms with E-state index in [4.69, 9.17) is 0 Å². The van der Waals surface area contributed by atoms with E-state index in [1.54, 1.807) is 12.1 Å². The molecule has 2 aromatic carbocycles. The van der Waals surface area contributed by atoms with E-state index >= 15 is 0 Å². The van der Waals surface area contributed by atoms with Crippen LogP contribution in [0.3, 0.4) is 0 Å². The predicted octanol–water partition coefficient (Wildman–Crippen LogP) is 4.14. The van der Waals surface area contributed by atoms with Gasteiger partial charge in [-0.1, -0.05) is 6.07 Å². The maximum Gasteiger partial charge on any atom is 0.387 e. The summed E-state index contributed by atoms with van der Waals surface area (Å²) in [6, 6.07) is 12.9. The Morgan fingerprint density at radius 2 is 1.85 bits per heavy atom. The number of benzene rings is 2. The molecule has 0 unspecified atom stereocenters. The van der Waals surface area contributed by atoms with Crippen LogP contribution < -0.4 is 10.1 Å². The number of carbonyl (C=O) groups is 1. The molecule has 0 fully saturated rings. The van der Waals surface area contributed by atoms with Gasteiger partial charge in [0.05, 0.1) is 0 Å². The summed E-state index contributed by atoms with van der Waals surface area (Å²) < 4.78 is 29.5. The van der Waals surface area contributed by atoms with Gasteiger partial charge in [0.25, 0.3) is 5.91 Å². The highest BCUT2D eigenvalue weighted by molar-refractivity contribution is 14.1. The molecule has 3 nitrogen and oxygen atoms in total. The van der Waals surface area contributed by atoms with E-state index in [0.717, 1.165) is 3.57 Å². The largest absolute Gasteiger partial charge is 0.435 e. The van der Waals surface area contributed by atoms with Crippen LogP contribution in [0.15, 0.2) is 48.5 Å². The number of rotatable bonds is 4. The first kappa shape index (κ1) is 14.7. The van der Waals surface area contributed by atoms with Crippen LogP contribution in [0.1, 0.15) is 10.4 Å². The number of ether oxygens (including phenoxy) is 1. The quantitative estimate of drug-likeness (QED) is 0.799. The van der Waals surface area contributed by atoms with E-state index in [1.165, 1.54) is 24.3 Å². The van der Waals surface area contributed by atoms with Crippen LogP contribution in [-0.2, 0) is 0 Å². The van der Waals surface area contributed by atoms with Crippen LogP contribution in [0.5, 0.6) is 5.75 Å². The molecule has 0 saturated carbocycles. The SMILES string of the molecule is O=C(Nc1ccc(I)cc1)c1cccc(OC(F)F)c1. The highest BCUT2D eigenvalue weighted by Gasteiger charge is 2.09. The number of hydrogen-bond donors (Lipinski definition) is 1. The van der Waals surface area contributed by atoms with Crippen molar-refractivity contribution >= 4 is 34.2 Å². The van der Waals surface area contributed by atoms with E-state index in [0.29, 0.717) is 5.69 Å². The van der Waals surface area contributed by atoms with Crippen molar-refractivity contribution in [2.75, 3.05) is 5.32 Å². The lowest BCUT2D eigenvalue weighted by Crippen LogP contribution is -2.12. The van der Waals surface area contributed by atoms with E-state index < -0.39 is 6.61 Å². The van der Waals surface area contributed by atoms with Gasteiger partial charge < -0.3 is 10.1 Å². The van der Waals surface area contributed by atoms with Crippen LogP contribution in [0, 0.1) is 3.57 Å². The normalized spacial score (nSPS) is 10.4. The second-order valence-corrected chi connectivity index (χ2v) is 5.11. The standard InChI is InChI=1S/C14H10F2INO2/c15-14(16)20-12-3-1-2-9(8-12)13(19)18-11-6-4-10(17)5-7-11/h1-8,14H,(H,18,19). The molecule has 0 saturated heterocycles. The van der Waals surface area contributed by atoms with Gasteiger partial charge >= 0.3 is 6.61 Å². The van der Waals surface area contributed by atoms with E-state index in [2.05, 4.69) is 32.6 Å². The fourth-order valence-electron chi connectivity index (χ4n) is 1.55. The molecule has 0 aliphatic heterocycles. The van der Waals surface area contributed by atoms with Crippen molar-refractivity contribution in [1.29, 1.82) is 0 Å². The molecule has 2 rings (SSSR count). The fraction of sp³-hybridized carbons (Fsp3) is 0.0714. The molecule has 0 heterocycles. The molecule has 104 valence electrons. The Hall–Kier alpha value is -1.70. The minimum atomic E-state index is -2.91. The first-order chi connectivity index (χ1) is 9.54. The van der Waals surface area contributed by atoms with Gasteiger partial charge in [0.2, 0.25) is 0 Å². The van der Waals surface area contributed by atoms with Crippen LogP contribution in [0.4, 0.5) is 14.5 Å². The zero-order valence-electron chi connectivity index (χ0n) is 10.1. The number of carbonyl (C=O) groups excluding carboxylic acids is 1. The summed E-state index contributed by atoms with van der Waals surface area (Å²) in [7, 11) is 0. The fourth-order valence-corrected chi connectivity index (χ4v) is 1.91. The number of anilines is 1. The maximum atomic E-state index is 12.1. The van der Waals surface area contributed by atoms with Crippen molar-refractivity contribution in [3.63, 3.8) is 0 Å². The summed E-state index contributed by atoms with van der Waals surface area (Å²) in [5.74, 6) is -0.429. The third-order valence-electron chi connectivity index (χ3n) is 2.42. The Kier molecular flexibility index (Phi) is 4.89. The highest BCUT2D eigenvalue weighted by atomic mass is 127. The molecular weight excluding hydrogens is 379 g/mol. The van der Waals surface area contributed by atoms with E-state index in [1.807, 2.05) is 12.1 Å². The smallest absolute Gasteiger partial charge is 0.387 e. The van der Waals surface area contributed by atoms with Gasteiger partial charge in [0.15, 0.2) is 0 Å². The van der Waals surface area contributed by atoms with Crippen LogP contribution in [0.2, 0.25) is 0 Å². The minimum Gasteiger partial charge on any atom is -0.435 e. The summed E-state index contributed by atoms with van der Waals surface area (Å²) in [6.45, 7) is -2.91. The van der Waals surface area contributed by atoms with Crippen molar-refractivity contribution in [1.82, 2.24) is 0 Å². The summed E-state index contributed by atoms with van der Waals surface area (Å²) in [6.07, 6.45) is 0. The van der Waals surface area contributed by atoms with Gasteiger partial charge in [-0.05, 0) is 65.1 Å². The molecule has 2 aromatic rings. The molecule has 0 radical (unpaired) electrons. The van der Waals surface area contributed by atoms with Crippen LogP contribution >= 0.6 is 22.6 Å². The monoisotopic (exact) mass is 389 g/mol. The number of halogens is 3. The van der Waals surface area contributed by atoms with Gasteiger partial charge in [0, 0.05) is 14.8 Å². The molecule has 20 heavy (non-hydrogen) atoms. The molecule has 6 heteroatoms. The lowest BCUT2D eigenvalue weighted by Gasteiger charge is -2.08. The Balaban J connectivity index is 2.10. The van der Waals surface area contributed by atoms with E-state index in [-0.39, 0.29) is 17.2 Å². The van der Waals surface area contributed by atoms with Gasteiger partial charge in [-0.15, -0.1) is 0 Å². The number of nitrogens with one attached hydrogen (secondary N) is 1. The Labute approximate surface area is 128 Å². The lowest BCUT2D eigenvalue weighted by atomic mass is 10.2. The maximum absolute atomic E-state index is 12.1. The second-order valence-electron chi connectivity index (χ2n) is 3.87. The molecule has 0 atom stereocenters. The van der Waals surface area contributed by atoms with Crippen molar-refractivity contribution < 1.29 is 18.3 Å². The zero-order chi connectivity index (χ0) is 14.5. The number of hydrogen-bond acceptors (Lipinski definition) is 2. The molecule has 0 aliphatic carbocycles. The van der Waals surface area contributed by atoms with Gasteiger partial charge in [-0.2, -0.15) is 8.78 Å². The number of alkyl halides is 2. The van der Waals surface area contributed by atoms with E-state index in [9.17, 15) is 13.6 Å². The topological polar surface area (TPSA) is 38.3 Å². The third kappa shape index (κ3) is 4.16. The third-order valence-corrected chi connectivity index (χ3v) is 3.14. The summed E-state index contributed by atoms with van der Waals surface area (Å²) >= 11 is 2.16. The first-order valence-corrected chi connectivity index (χ1v) is 6.74. The predicted molar refractivity (Wildman–Crippen MR) is 80.2 cm³/mol. The average molecular weight is 389 g/mol. The molecular formula is C14H10F2INO2. The molecule has 0 aromatic heterocycles. The molecule has 1 amide bonds. The highest BCUT2D eigenvalue weighted by Crippen LogP contribution is 2.18. The molecule has 0 spiro atoms. The van der Waals surface area contributed by atoms with Crippen molar-refractivity contribution in [3.8, 4) is 5.75 Å². The summed E-state index contributed by atoms with van der Waals surface area (Å²) in [5, 5.41) is 2.68. The molecule has 0 aliphatic rings. The van der Waals surface area contributed by atoms with Crippen molar-refractivity contribution in [2.24, 2.45) is 0 Å². The Morgan fingerprint density at radius 1 is 1.15 bits per heavy atom. The van der Waals surface area contributed by atoms with Gasteiger partial charge in [0.1, 0.15) is 5.75 Å². The van der Waals surface area contributed by atoms with Crippen LogP contribution in [0.25, 0.3) is 0 Å². The Morgan fingerprint density at radius 3 is 2.50 bits per heavy atom. The summed E-state index contributed by atoms with van der Waals surface area (Å²) in [5.41, 5.74) is 0.886. The van der Waals surface area contributed by atoms with Gasteiger partial charge in [-0.3, -0.25) is 4.79 Å². The minimum absolute atomic E-state index is 0.0461. The number of amides is 1. The van der Waals surface area contributed by atoms with Gasteiger partial charge in [-0.25, -0.2) is 0 Å². The van der Waals surface area contributed by atoms with Crippen molar-refractivity contribution in [2.45, 2.75) is 6.61 Å². The first-order valence-electron chi connectivity index (χ1n) is 5.66. The Bertz CT molecular complexity index is 602.